The van der Waals surface area contributed by atoms with Crippen LogP contribution in [0.2, 0.25) is 0 Å². The molecular formula is C9H18S. The lowest BCUT2D eigenvalue weighted by atomic mass is 10.3. The molecule has 0 heterocycles. The van der Waals surface area contributed by atoms with E-state index < -0.39 is 0 Å². The Morgan fingerprint density at radius 1 is 1.30 bits per heavy atom. The first-order chi connectivity index (χ1) is 4.58. The number of rotatable bonds is 3. The van der Waals surface area contributed by atoms with Gasteiger partial charge in [-0.15, -0.1) is 0 Å². The Morgan fingerprint density at radius 3 is 2.30 bits per heavy atom. The van der Waals surface area contributed by atoms with E-state index in [2.05, 4.69) is 32.5 Å². The Labute approximate surface area is 68.8 Å². The van der Waals surface area contributed by atoms with Gasteiger partial charge in [0.15, 0.2) is 0 Å². The van der Waals surface area contributed by atoms with Crippen molar-refractivity contribution in [3.05, 3.63) is 0 Å². The van der Waals surface area contributed by atoms with Crippen LogP contribution in [0.3, 0.4) is 0 Å². The van der Waals surface area contributed by atoms with Crippen LogP contribution in [0.4, 0.5) is 0 Å². The fourth-order valence-electron chi connectivity index (χ4n) is 0.938. The van der Waals surface area contributed by atoms with Crippen molar-refractivity contribution < 1.29 is 0 Å². The first-order valence-corrected chi connectivity index (χ1v) is 5.20. The molecule has 0 spiro atoms. The van der Waals surface area contributed by atoms with Gasteiger partial charge in [0, 0.05) is 4.75 Å². The van der Waals surface area contributed by atoms with Crippen LogP contribution in [-0.4, -0.2) is 10.5 Å². The second-order valence-corrected chi connectivity index (χ2v) is 6.11. The highest BCUT2D eigenvalue weighted by molar-refractivity contribution is 8.00. The molecule has 1 fully saturated rings. The molecule has 0 saturated heterocycles. The molecular weight excluding hydrogens is 140 g/mol. The largest absolute Gasteiger partial charge is 0.156 e. The van der Waals surface area contributed by atoms with Crippen molar-refractivity contribution in [1.29, 1.82) is 0 Å². The highest BCUT2D eigenvalue weighted by atomic mass is 32.2. The molecule has 60 valence electrons. The number of hydrogen-bond acceptors (Lipinski definition) is 1. The van der Waals surface area contributed by atoms with Crippen LogP contribution in [0.5, 0.6) is 0 Å². The Bertz CT molecular complexity index is 97.8. The average molecular weight is 158 g/mol. The minimum absolute atomic E-state index is 0.481. The number of thioether (sulfide) groups is 1. The van der Waals surface area contributed by atoms with Gasteiger partial charge in [0.2, 0.25) is 0 Å². The molecule has 0 aromatic carbocycles. The van der Waals surface area contributed by atoms with Gasteiger partial charge in [-0.25, -0.2) is 0 Å². The van der Waals surface area contributed by atoms with E-state index in [0.717, 1.165) is 5.92 Å². The zero-order valence-corrected chi connectivity index (χ0v) is 8.13. The van der Waals surface area contributed by atoms with E-state index in [1.807, 2.05) is 0 Å². The smallest absolute Gasteiger partial charge is 0.00750 e. The Balaban J connectivity index is 1.93. The summed E-state index contributed by atoms with van der Waals surface area (Å²) in [5, 5.41) is 0. The second kappa shape index (κ2) is 3.17. The lowest BCUT2D eigenvalue weighted by Crippen LogP contribution is -2.08. The SMILES string of the molecule is CC(C)(C)SCCC1CC1. The van der Waals surface area contributed by atoms with E-state index in [-0.39, 0.29) is 0 Å². The average Bonchev–Trinajstić information content (AvgIpc) is 2.45. The molecule has 1 aliphatic carbocycles. The zero-order valence-electron chi connectivity index (χ0n) is 7.31. The lowest BCUT2D eigenvalue weighted by molar-refractivity contribution is 0.776. The standard InChI is InChI=1S/C9H18S/c1-9(2,3)10-7-6-8-4-5-8/h8H,4-7H2,1-3H3. The molecule has 1 heteroatoms. The molecule has 0 aliphatic heterocycles. The monoisotopic (exact) mass is 158 g/mol. The van der Waals surface area contributed by atoms with Crippen molar-refractivity contribution in [2.24, 2.45) is 5.92 Å². The minimum atomic E-state index is 0.481. The summed E-state index contributed by atoms with van der Waals surface area (Å²) in [5.41, 5.74) is 0. The van der Waals surface area contributed by atoms with E-state index in [1.165, 1.54) is 25.0 Å². The van der Waals surface area contributed by atoms with Crippen LogP contribution in [0.15, 0.2) is 0 Å². The predicted octanol–water partition coefficient (Wildman–Crippen LogP) is 3.32. The summed E-state index contributed by atoms with van der Waals surface area (Å²) in [6, 6.07) is 0. The normalized spacial score (nSPS) is 19.5. The molecule has 0 radical (unpaired) electrons. The first-order valence-electron chi connectivity index (χ1n) is 4.22. The van der Waals surface area contributed by atoms with Crippen molar-refractivity contribution >= 4 is 11.8 Å². The van der Waals surface area contributed by atoms with Gasteiger partial charge in [-0.05, 0) is 18.1 Å². The predicted molar refractivity (Wildman–Crippen MR) is 49.6 cm³/mol. The van der Waals surface area contributed by atoms with E-state index in [0.29, 0.717) is 4.75 Å². The molecule has 0 bridgehead atoms. The molecule has 10 heavy (non-hydrogen) atoms. The van der Waals surface area contributed by atoms with Crippen LogP contribution in [0, 0.1) is 5.92 Å². The third-order valence-corrected chi connectivity index (χ3v) is 3.06. The molecule has 1 saturated carbocycles. The van der Waals surface area contributed by atoms with Gasteiger partial charge in [-0.2, -0.15) is 11.8 Å². The maximum absolute atomic E-state index is 2.30. The van der Waals surface area contributed by atoms with Crippen molar-refractivity contribution in [2.45, 2.75) is 44.8 Å². The molecule has 0 amide bonds. The van der Waals surface area contributed by atoms with Gasteiger partial charge in [0.05, 0.1) is 0 Å². The molecule has 0 atom stereocenters. The topological polar surface area (TPSA) is 0 Å². The lowest BCUT2D eigenvalue weighted by Gasteiger charge is -2.16. The number of hydrogen-bond donors (Lipinski definition) is 0. The summed E-state index contributed by atoms with van der Waals surface area (Å²) in [7, 11) is 0. The zero-order chi connectivity index (χ0) is 7.61. The molecule has 1 aliphatic rings. The summed E-state index contributed by atoms with van der Waals surface area (Å²) in [5.74, 6) is 2.48. The minimum Gasteiger partial charge on any atom is -0.156 e. The van der Waals surface area contributed by atoms with Crippen molar-refractivity contribution in [3.8, 4) is 0 Å². The van der Waals surface area contributed by atoms with Gasteiger partial charge < -0.3 is 0 Å². The third-order valence-electron chi connectivity index (χ3n) is 1.76. The van der Waals surface area contributed by atoms with E-state index in [1.54, 1.807) is 0 Å². The second-order valence-electron chi connectivity index (χ2n) is 4.19. The molecule has 1 rings (SSSR count). The quantitative estimate of drug-likeness (QED) is 0.607. The maximum Gasteiger partial charge on any atom is 0.00750 e. The summed E-state index contributed by atoms with van der Waals surface area (Å²) >= 11 is 2.10. The van der Waals surface area contributed by atoms with E-state index in [4.69, 9.17) is 0 Å². The van der Waals surface area contributed by atoms with Crippen LogP contribution >= 0.6 is 11.8 Å². The van der Waals surface area contributed by atoms with Crippen molar-refractivity contribution in [2.75, 3.05) is 5.75 Å². The van der Waals surface area contributed by atoms with Crippen molar-refractivity contribution in [3.63, 3.8) is 0 Å². The van der Waals surface area contributed by atoms with Crippen LogP contribution in [-0.2, 0) is 0 Å². The maximum atomic E-state index is 2.30. The molecule has 0 N–H and O–H groups in total. The summed E-state index contributed by atoms with van der Waals surface area (Å²) in [6.07, 6.45) is 4.47. The molecule has 0 aromatic rings. The molecule has 0 aromatic heterocycles. The molecule has 0 nitrogen and oxygen atoms in total. The van der Waals surface area contributed by atoms with Gasteiger partial charge in [0.25, 0.3) is 0 Å². The highest BCUT2D eigenvalue weighted by Crippen LogP contribution is 2.35. The third kappa shape index (κ3) is 4.21. The summed E-state index contributed by atoms with van der Waals surface area (Å²) < 4.78 is 0.481. The first kappa shape index (κ1) is 8.45. The summed E-state index contributed by atoms with van der Waals surface area (Å²) in [4.78, 5) is 0. The molecule has 0 unspecified atom stereocenters. The highest BCUT2D eigenvalue weighted by Gasteiger charge is 2.21. The Morgan fingerprint density at radius 2 is 1.90 bits per heavy atom. The Hall–Kier alpha value is 0.350. The fourth-order valence-corrected chi connectivity index (χ4v) is 2.00. The van der Waals surface area contributed by atoms with Gasteiger partial charge >= 0.3 is 0 Å². The van der Waals surface area contributed by atoms with E-state index in [9.17, 15) is 0 Å². The van der Waals surface area contributed by atoms with Crippen LogP contribution < -0.4 is 0 Å². The van der Waals surface area contributed by atoms with E-state index >= 15 is 0 Å². The van der Waals surface area contributed by atoms with Gasteiger partial charge in [-0.3, -0.25) is 0 Å². The van der Waals surface area contributed by atoms with Gasteiger partial charge in [0.1, 0.15) is 0 Å². The van der Waals surface area contributed by atoms with Gasteiger partial charge in [-0.1, -0.05) is 33.6 Å². The van der Waals surface area contributed by atoms with Crippen LogP contribution in [0.1, 0.15) is 40.0 Å². The summed E-state index contributed by atoms with van der Waals surface area (Å²) in [6.45, 7) is 6.89. The Kier molecular flexibility index (Phi) is 2.67. The van der Waals surface area contributed by atoms with Crippen LogP contribution in [0.25, 0.3) is 0 Å². The van der Waals surface area contributed by atoms with Crippen molar-refractivity contribution in [1.82, 2.24) is 0 Å². The fraction of sp³-hybridized carbons (Fsp3) is 1.00.